The molecule has 0 aliphatic rings. The van der Waals surface area contributed by atoms with Gasteiger partial charge in [0.25, 0.3) is 0 Å². The molecule has 0 aromatic heterocycles. The maximum Gasteiger partial charge on any atom is 0.149 e. The van der Waals surface area contributed by atoms with Gasteiger partial charge in [0.1, 0.15) is 11.6 Å². The van der Waals surface area contributed by atoms with Crippen LogP contribution in [0.5, 0.6) is 0 Å². The zero-order chi connectivity index (χ0) is 14.7. The number of hydrogen-bond donors (Lipinski definition) is 1. The predicted octanol–water partition coefficient (Wildman–Crippen LogP) is 5.83. The summed E-state index contributed by atoms with van der Waals surface area (Å²) in [4.78, 5) is 0. The van der Waals surface area contributed by atoms with Crippen LogP contribution in [0.15, 0.2) is 36.4 Å². The lowest BCUT2D eigenvalue weighted by molar-refractivity contribution is 0.582. The lowest BCUT2D eigenvalue weighted by Gasteiger charge is -2.20. The van der Waals surface area contributed by atoms with Crippen molar-refractivity contribution in [3.63, 3.8) is 0 Å². The van der Waals surface area contributed by atoms with E-state index in [1.807, 2.05) is 6.92 Å². The first-order valence-electron chi connectivity index (χ1n) is 6.17. The molecular weight excluding hydrogens is 303 g/mol. The van der Waals surface area contributed by atoms with Crippen LogP contribution in [-0.2, 0) is 0 Å². The van der Waals surface area contributed by atoms with Gasteiger partial charge in [-0.25, -0.2) is 8.78 Å². The first kappa shape index (κ1) is 15.1. The number of anilines is 1. The summed E-state index contributed by atoms with van der Waals surface area (Å²) in [5.74, 6) is -1.24. The second kappa shape index (κ2) is 6.42. The number of hydrogen-bond acceptors (Lipinski definition) is 1. The van der Waals surface area contributed by atoms with Crippen molar-refractivity contribution in [3.8, 4) is 0 Å². The van der Waals surface area contributed by atoms with E-state index in [0.717, 1.165) is 11.6 Å². The summed E-state index contributed by atoms with van der Waals surface area (Å²) in [6.07, 6.45) is 0.693. The molecule has 0 aliphatic heterocycles. The van der Waals surface area contributed by atoms with Crippen LogP contribution in [0, 0.1) is 11.6 Å². The summed E-state index contributed by atoms with van der Waals surface area (Å²) in [7, 11) is 0. The summed E-state index contributed by atoms with van der Waals surface area (Å²) in [6, 6.07) is 8.42. The highest BCUT2D eigenvalue weighted by Crippen LogP contribution is 2.31. The fraction of sp³-hybridized carbons (Fsp3) is 0.200. The first-order valence-corrected chi connectivity index (χ1v) is 6.93. The third-order valence-electron chi connectivity index (χ3n) is 3.01. The van der Waals surface area contributed by atoms with Gasteiger partial charge in [0.2, 0.25) is 0 Å². The van der Waals surface area contributed by atoms with Crippen molar-refractivity contribution >= 4 is 28.9 Å². The molecule has 0 bridgehead atoms. The second-order valence-corrected chi connectivity index (χ2v) is 5.24. The third kappa shape index (κ3) is 3.41. The van der Waals surface area contributed by atoms with Gasteiger partial charge in [0.05, 0.1) is 11.7 Å². The summed E-state index contributed by atoms with van der Waals surface area (Å²) in [5, 5.41) is 4.09. The molecule has 1 N–H and O–H groups in total. The second-order valence-electron chi connectivity index (χ2n) is 4.40. The maximum absolute atomic E-state index is 13.7. The standard InChI is InChI=1S/C15H13Cl2F2N/c1-2-14(11-5-3-9(16)7-12(11)17)20-15-6-4-10(18)8-13(15)19/h3-8,14,20H,2H2,1H3. The van der Waals surface area contributed by atoms with Crippen LogP contribution in [-0.4, -0.2) is 0 Å². The van der Waals surface area contributed by atoms with Crippen LogP contribution in [0.4, 0.5) is 14.5 Å². The van der Waals surface area contributed by atoms with E-state index in [1.165, 1.54) is 12.1 Å². The molecule has 0 saturated carbocycles. The van der Waals surface area contributed by atoms with Gasteiger partial charge >= 0.3 is 0 Å². The summed E-state index contributed by atoms with van der Waals surface area (Å²) >= 11 is 12.0. The number of benzene rings is 2. The van der Waals surface area contributed by atoms with Crippen LogP contribution >= 0.6 is 23.2 Å². The monoisotopic (exact) mass is 315 g/mol. The Morgan fingerprint density at radius 1 is 1.10 bits per heavy atom. The normalized spacial score (nSPS) is 12.2. The van der Waals surface area contributed by atoms with Gasteiger partial charge in [-0.3, -0.25) is 0 Å². The predicted molar refractivity (Wildman–Crippen MR) is 79.5 cm³/mol. The Morgan fingerprint density at radius 3 is 2.45 bits per heavy atom. The molecule has 0 radical (unpaired) electrons. The molecule has 0 amide bonds. The minimum absolute atomic E-state index is 0.181. The van der Waals surface area contributed by atoms with E-state index in [-0.39, 0.29) is 11.7 Å². The maximum atomic E-state index is 13.7. The van der Waals surface area contributed by atoms with E-state index in [0.29, 0.717) is 16.5 Å². The highest BCUT2D eigenvalue weighted by molar-refractivity contribution is 6.35. The van der Waals surface area contributed by atoms with Crippen molar-refractivity contribution in [2.24, 2.45) is 0 Å². The highest BCUT2D eigenvalue weighted by atomic mass is 35.5. The van der Waals surface area contributed by atoms with Crippen molar-refractivity contribution in [3.05, 3.63) is 63.6 Å². The molecule has 2 rings (SSSR count). The van der Waals surface area contributed by atoms with Crippen molar-refractivity contribution in [1.82, 2.24) is 0 Å². The SMILES string of the molecule is CCC(Nc1ccc(F)cc1F)c1ccc(Cl)cc1Cl. The van der Waals surface area contributed by atoms with Gasteiger partial charge in [-0.05, 0) is 36.2 Å². The Kier molecular flexibility index (Phi) is 4.84. The van der Waals surface area contributed by atoms with Gasteiger partial charge in [-0.15, -0.1) is 0 Å². The molecule has 0 spiro atoms. The molecule has 1 unspecified atom stereocenters. The van der Waals surface area contributed by atoms with Crippen molar-refractivity contribution in [1.29, 1.82) is 0 Å². The van der Waals surface area contributed by atoms with Crippen LogP contribution in [0.1, 0.15) is 24.9 Å². The molecule has 1 nitrogen and oxygen atoms in total. The Hall–Kier alpha value is -1.32. The topological polar surface area (TPSA) is 12.0 Å². The molecular formula is C15H13Cl2F2N. The Balaban J connectivity index is 2.28. The summed E-state index contributed by atoms with van der Waals surface area (Å²) in [6.45, 7) is 1.95. The van der Waals surface area contributed by atoms with Crippen molar-refractivity contribution in [2.45, 2.75) is 19.4 Å². The molecule has 2 aromatic rings. The largest absolute Gasteiger partial charge is 0.376 e. The average molecular weight is 316 g/mol. The van der Waals surface area contributed by atoms with Crippen LogP contribution in [0.2, 0.25) is 10.0 Å². The van der Waals surface area contributed by atoms with Crippen LogP contribution < -0.4 is 5.32 Å². The minimum Gasteiger partial charge on any atom is -0.376 e. The highest BCUT2D eigenvalue weighted by Gasteiger charge is 2.15. The third-order valence-corrected chi connectivity index (χ3v) is 3.57. The van der Waals surface area contributed by atoms with Crippen molar-refractivity contribution < 1.29 is 8.78 Å². The molecule has 106 valence electrons. The fourth-order valence-electron chi connectivity index (χ4n) is 1.98. The lowest BCUT2D eigenvalue weighted by Crippen LogP contribution is -2.11. The van der Waals surface area contributed by atoms with Crippen LogP contribution in [0.25, 0.3) is 0 Å². The zero-order valence-corrected chi connectivity index (χ0v) is 12.3. The molecule has 2 aromatic carbocycles. The van der Waals surface area contributed by atoms with Crippen molar-refractivity contribution in [2.75, 3.05) is 5.32 Å². The van der Waals surface area contributed by atoms with Crippen LogP contribution in [0.3, 0.4) is 0 Å². The molecule has 5 heteroatoms. The average Bonchev–Trinajstić information content (AvgIpc) is 2.39. The molecule has 0 aliphatic carbocycles. The Labute approximate surface area is 126 Å². The van der Waals surface area contributed by atoms with E-state index in [4.69, 9.17) is 23.2 Å². The van der Waals surface area contributed by atoms with Gasteiger partial charge in [-0.2, -0.15) is 0 Å². The van der Waals surface area contributed by atoms with E-state index in [1.54, 1.807) is 18.2 Å². The molecule has 1 atom stereocenters. The molecule has 0 fully saturated rings. The molecule has 20 heavy (non-hydrogen) atoms. The zero-order valence-electron chi connectivity index (χ0n) is 10.8. The summed E-state index contributed by atoms with van der Waals surface area (Å²) in [5.41, 5.74) is 1.06. The Bertz CT molecular complexity index is 617. The number of nitrogens with one attached hydrogen (secondary N) is 1. The van der Waals surface area contributed by atoms with E-state index in [2.05, 4.69) is 5.32 Å². The number of rotatable bonds is 4. The smallest absolute Gasteiger partial charge is 0.149 e. The quantitative estimate of drug-likeness (QED) is 0.748. The minimum atomic E-state index is -0.631. The Morgan fingerprint density at radius 2 is 1.85 bits per heavy atom. The van der Waals surface area contributed by atoms with E-state index >= 15 is 0 Å². The van der Waals surface area contributed by atoms with Gasteiger partial charge in [-0.1, -0.05) is 36.2 Å². The van der Waals surface area contributed by atoms with Gasteiger partial charge in [0.15, 0.2) is 0 Å². The van der Waals surface area contributed by atoms with Gasteiger partial charge in [0, 0.05) is 16.1 Å². The summed E-state index contributed by atoms with van der Waals surface area (Å²) < 4.78 is 26.6. The molecule has 0 heterocycles. The van der Waals surface area contributed by atoms with Gasteiger partial charge < -0.3 is 5.32 Å². The number of halogens is 4. The molecule has 0 saturated heterocycles. The van der Waals surface area contributed by atoms with E-state index < -0.39 is 11.6 Å². The lowest BCUT2D eigenvalue weighted by atomic mass is 10.0. The first-order chi connectivity index (χ1) is 9.51. The fourth-order valence-corrected chi connectivity index (χ4v) is 2.52. The van der Waals surface area contributed by atoms with E-state index in [9.17, 15) is 8.78 Å².